The lowest BCUT2D eigenvalue weighted by Gasteiger charge is -2.36. The minimum atomic E-state index is -1.14. The fourth-order valence-electron chi connectivity index (χ4n) is 5.18. The zero-order chi connectivity index (χ0) is 23.8. The van der Waals surface area contributed by atoms with Crippen LogP contribution in [0, 0.1) is 16.6 Å². The van der Waals surface area contributed by atoms with Crippen LogP contribution in [0.2, 0.25) is 0 Å². The lowest BCUT2D eigenvalue weighted by atomic mass is 9.76. The number of aryl methyl sites for hydroxylation is 1. The van der Waals surface area contributed by atoms with Crippen LogP contribution in [0.25, 0.3) is 0 Å². The lowest BCUT2D eigenvalue weighted by molar-refractivity contribution is 0.0150. The Balaban J connectivity index is 1.69. The van der Waals surface area contributed by atoms with Crippen molar-refractivity contribution < 1.29 is 23.8 Å². The molecule has 0 atom stereocenters. The third kappa shape index (κ3) is 4.67. The Morgan fingerprint density at radius 3 is 2.73 bits per heavy atom. The third-order valence-electron chi connectivity index (χ3n) is 6.99. The molecule has 0 aliphatic carbocycles. The van der Waals surface area contributed by atoms with E-state index in [0.717, 1.165) is 30.7 Å². The van der Waals surface area contributed by atoms with E-state index in [4.69, 9.17) is 9.84 Å². The number of halogens is 1. The van der Waals surface area contributed by atoms with Crippen LogP contribution in [0.5, 0.6) is 0 Å². The second-order valence-electron chi connectivity index (χ2n) is 10.2. The summed E-state index contributed by atoms with van der Waals surface area (Å²) in [6, 6.07) is 4.15. The van der Waals surface area contributed by atoms with E-state index >= 15 is 0 Å². The van der Waals surface area contributed by atoms with Gasteiger partial charge in [0.1, 0.15) is 5.82 Å². The second kappa shape index (κ2) is 8.89. The molecule has 1 saturated heterocycles. The number of aromatic carboxylic acids is 1. The van der Waals surface area contributed by atoms with Gasteiger partial charge in [-0.15, -0.1) is 0 Å². The Kier molecular flexibility index (Phi) is 6.31. The number of nitrogens with one attached hydrogen (secondary N) is 1. The van der Waals surface area contributed by atoms with Gasteiger partial charge < -0.3 is 15.2 Å². The number of hydrogen-bond acceptors (Lipinski definition) is 4. The van der Waals surface area contributed by atoms with Crippen LogP contribution in [0.3, 0.4) is 0 Å². The molecule has 2 aliphatic heterocycles. The summed E-state index contributed by atoms with van der Waals surface area (Å²) in [6.45, 7) is 8.36. The Labute approximate surface area is 193 Å². The van der Waals surface area contributed by atoms with Gasteiger partial charge in [-0.25, -0.2) is 9.18 Å². The van der Waals surface area contributed by atoms with Gasteiger partial charge in [0.2, 0.25) is 0 Å². The van der Waals surface area contributed by atoms with Crippen LogP contribution < -0.4 is 5.32 Å². The smallest absolute Gasteiger partial charge is 0.336 e. The molecule has 2 aliphatic rings. The molecule has 2 aromatic rings. The summed E-state index contributed by atoms with van der Waals surface area (Å²) in [7, 11) is 0. The average molecular weight is 458 g/mol. The van der Waals surface area contributed by atoms with Gasteiger partial charge in [0.25, 0.3) is 5.91 Å². The van der Waals surface area contributed by atoms with Crippen molar-refractivity contribution in [1.29, 1.82) is 0 Å². The van der Waals surface area contributed by atoms with Crippen LogP contribution in [0.1, 0.15) is 71.3 Å². The topological polar surface area (TPSA) is 93.5 Å². The number of aromatic nitrogens is 2. The number of hydrogen-bond donors (Lipinski definition) is 2. The molecule has 1 spiro atoms. The molecular weight excluding hydrogens is 425 g/mol. The van der Waals surface area contributed by atoms with E-state index < -0.39 is 17.2 Å². The van der Waals surface area contributed by atoms with Crippen molar-refractivity contribution in [3.63, 3.8) is 0 Å². The first-order valence-electron chi connectivity index (χ1n) is 11.6. The zero-order valence-electron chi connectivity index (χ0n) is 19.5. The molecule has 0 radical (unpaired) electrons. The predicted octanol–water partition coefficient (Wildman–Crippen LogP) is 3.63. The molecule has 3 heterocycles. The van der Waals surface area contributed by atoms with Crippen molar-refractivity contribution in [2.45, 2.75) is 59.4 Å². The van der Waals surface area contributed by atoms with Crippen molar-refractivity contribution in [1.82, 2.24) is 15.1 Å². The normalized spacial score (nSPS) is 18.0. The number of carboxylic acids is 1. The second-order valence-corrected chi connectivity index (χ2v) is 10.2. The molecule has 0 unspecified atom stereocenters. The first kappa shape index (κ1) is 23.4. The van der Waals surface area contributed by atoms with Crippen molar-refractivity contribution in [3.8, 4) is 0 Å². The molecule has 2 N–H and O–H groups in total. The number of fused-ring (bicyclic) bond motifs is 1. The van der Waals surface area contributed by atoms with Crippen molar-refractivity contribution in [2.24, 2.45) is 10.8 Å². The van der Waals surface area contributed by atoms with Gasteiger partial charge in [-0.3, -0.25) is 9.48 Å². The number of ether oxygens (including phenoxy) is 1. The van der Waals surface area contributed by atoms with Gasteiger partial charge in [0, 0.05) is 31.9 Å². The van der Waals surface area contributed by atoms with Gasteiger partial charge in [-0.1, -0.05) is 26.8 Å². The zero-order valence-corrected chi connectivity index (χ0v) is 19.5. The van der Waals surface area contributed by atoms with E-state index in [9.17, 15) is 19.1 Å². The monoisotopic (exact) mass is 457 g/mol. The Hall–Kier alpha value is -2.74. The van der Waals surface area contributed by atoms with Crippen molar-refractivity contribution in [3.05, 3.63) is 52.1 Å². The van der Waals surface area contributed by atoms with E-state index in [2.05, 4.69) is 5.32 Å². The highest BCUT2D eigenvalue weighted by atomic mass is 19.1. The summed E-state index contributed by atoms with van der Waals surface area (Å²) in [5.74, 6) is -1.74. The fraction of sp³-hybridized carbons (Fsp3) is 0.560. The van der Waals surface area contributed by atoms with Gasteiger partial charge in [-0.2, -0.15) is 5.10 Å². The average Bonchev–Trinajstić information content (AvgIpc) is 3.02. The van der Waals surface area contributed by atoms with Gasteiger partial charge in [0.05, 0.1) is 22.5 Å². The lowest BCUT2D eigenvalue weighted by Crippen LogP contribution is -2.41. The highest BCUT2D eigenvalue weighted by Gasteiger charge is 2.40. The molecule has 1 aromatic carbocycles. The number of carbonyl (C=O) groups excluding carboxylic acids is 1. The van der Waals surface area contributed by atoms with Crippen LogP contribution in [0.4, 0.5) is 4.39 Å². The molecule has 0 bridgehead atoms. The predicted molar refractivity (Wildman–Crippen MR) is 121 cm³/mol. The van der Waals surface area contributed by atoms with Crippen LogP contribution in [-0.2, 0) is 30.5 Å². The molecule has 0 saturated carbocycles. The Bertz CT molecular complexity index is 1070. The number of benzene rings is 1. The molecule has 4 rings (SSSR count). The quantitative estimate of drug-likeness (QED) is 0.691. The number of carbonyl (C=O) groups is 2. The summed E-state index contributed by atoms with van der Waals surface area (Å²) >= 11 is 0. The highest BCUT2D eigenvalue weighted by molar-refractivity contribution is 5.97. The van der Waals surface area contributed by atoms with Crippen LogP contribution in [0.15, 0.2) is 18.2 Å². The first-order chi connectivity index (χ1) is 15.6. The molecule has 1 amide bonds. The summed E-state index contributed by atoms with van der Waals surface area (Å²) in [5.41, 5.74) is 1.97. The van der Waals surface area contributed by atoms with E-state index in [1.807, 2.05) is 25.5 Å². The van der Waals surface area contributed by atoms with Gasteiger partial charge in [-0.05, 0) is 55.1 Å². The van der Waals surface area contributed by atoms with Gasteiger partial charge >= 0.3 is 5.97 Å². The standard InChI is InChI=1S/C25H32FN3O4/c1-4-19-21-20(13-25(14-27-22(21)30)8-10-33-11-9-25)29(28-19)15-24(2,3)12-17-16(23(31)32)6-5-7-18(17)26/h5-7H,4,8-15H2,1-3H3,(H,27,30)(H,31,32). The van der Waals surface area contributed by atoms with Crippen molar-refractivity contribution in [2.75, 3.05) is 19.8 Å². The SMILES string of the molecule is CCc1nn(CC(C)(C)Cc2c(F)cccc2C(=O)O)c2c1C(=O)NCC1(CCOCC1)C2. The molecule has 1 fully saturated rings. The minimum Gasteiger partial charge on any atom is -0.478 e. The molecule has 1 aromatic heterocycles. The highest BCUT2D eigenvalue weighted by Crippen LogP contribution is 2.38. The largest absolute Gasteiger partial charge is 0.478 e. The van der Waals surface area contributed by atoms with Gasteiger partial charge in [0.15, 0.2) is 0 Å². The fourth-order valence-corrected chi connectivity index (χ4v) is 5.18. The van der Waals surface area contributed by atoms with Crippen molar-refractivity contribution >= 4 is 11.9 Å². The molecule has 178 valence electrons. The Morgan fingerprint density at radius 1 is 1.33 bits per heavy atom. The molecule has 7 nitrogen and oxygen atoms in total. The van der Waals surface area contributed by atoms with E-state index in [-0.39, 0.29) is 28.9 Å². The summed E-state index contributed by atoms with van der Waals surface area (Å²) < 4.78 is 22.1. The summed E-state index contributed by atoms with van der Waals surface area (Å²) in [4.78, 5) is 24.7. The number of carboxylic acid groups (broad SMARTS) is 1. The maximum absolute atomic E-state index is 14.6. The summed E-state index contributed by atoms with van der Waals surface area (Å²) in [5, 5.41) is 17.5. The molecule has 33 heavy (non-hydrogen) atoms. The van der Waals surface area contributed by atoms with E-state index in [1.54, 1.807) is 0 Å². The third-order valence-corrected chi connectivity index (χ3v) is 6.99. The number of rotatable bonds is 6. The van der Waals surface area contributed by atoms with Crippen LogP contribution >= 0.6 is 0 Å². The number of nitrogens with zero attached hydrogens (tertiary/aromatic N) is 2. The number of amides is 1. The maximum atomic E-state index is 14.6. The van der Waals surface area contributed by atoms with E-state index in [1.165, 1.54) is 18.2 Å². The molecule has 8 heteroatoms. The van der Waals surface area contributed by atoms with E-state index in [0.29, 0.717) is 38.3 Å². The first-order valence-corrected chi connectivity index (χ1v) is 11.6. The maximum Gasteiger partial charge on any atom is 0.336 e. The van der Waals surface area contributed by atoms with Crippen LogP contribution in [-0.4, -0.2) is 46.5 Å². The summed E-state index contributed by atoms with van der Waals surface area (Å²) in [6.07, 6.45) is 3.35. The Morgan fingerprint density at radius 2 is 2.06 bits per heavy atom. The molecular formula is C25H32FN3O4. The minimum absolute atomic E-state index is 0.0165.